The van der Waals surface area contributed by atoms with Crippen molar-refractivity contribution in [1.29, 1.82) is 0 Å². The van der Waals surface area contributed by atoms with E-state index in [-0.39, 0.29) is 19.8 Å². The molecule has 0 saturated heterocycles. The van der Waals surface area contributed by atoms with Gasteiger partial charge in [0.25, 0.3) is 5.91 Å². The van der Waals surface area contributed by atoms with Gasteiger partial charge in [0.1, 0.15) is 11.5 Å². The summed E-state index contributed by atoms with van der Waals surface area (Å²) in [6.45, 7) is 1.49. The van der Waals surface area contributed by atoms with Crippen LogP contribution in [-0.2, 0) is 14.3 Å². The van der Waals surface area contributed by atoms with Gasteiger partial charge in [-0.2, -0.15) is 5.10 Å². The molecule has 0 aromatic heterocycles. The van der Waals surface area contributed by atoms with E-state index < -0.39 is 11.9 Å². The first-order chi connectivity index (χ1) is 13.5. The summed E-state index contributed by atoms with van der Waals surface area (Å²) in [5.74, 6) is -0.187. The molecule has 7 nitrogen and oxygen atoms in total. The number of esters is 1. The van der Waals surface area contributed by atoms with E-state index >= 15 is 0 Å². The van der Waals surface area contributed by atoms with Crippen LogP contribution in [0.2, 0.25) is 10.0 Å². The lowest BCUT2D eigenvalue weighted by atomic mass is 10.2. The maximum Gasteiger partial charge on any atom is 0.344 e. The number of ether oxygens (including phenoxy) is 3. The first-order valence-electron chi connectivity index (χ1n) is 8.26. The number of para-hydroxylation sites is 1. The van der Waals surface area contributed by atoms with Gasteiger partial charge in [-0.1, -0.05) is 35.3 Å². The van der Waals surface area contributed by atoms with E-state index in [1.54, 1.807) is 43.3 Å². The zero-order valence-corrected chi connectivity index (χ0v) is 16.5. The summed E-state index contributed by atoms with van der Waals surface area (Å²) in [5.41, 5.74) is 2.91. The molecule has 0 radical (unpaired) electrons. The van der Waals surface area contributed by atoms with Crippen LogP contribution in [-0.4, -0.2) is 37.9 Å². The molecule has 0 saturated carbocycles. The van der Waals surface area contributed by atoms with Crippen molar-refractivity contribution in [2.45, 2.75) is 6.92 Å². The minimum absolute atomic E-state index is 0.221. The molecule has 2 aromatic rings. The van der Waals surface area contributed by atoms with Crippen LogP contribution in [0.1, 0.15) is 12.5 Å². The van der Waals surface area contributed by atoms with Crippen LogP contribution in [0, 0.1) is 0 Å². The topological polar surface area (TPSA) is 86.2 Å². The zero-order valence-electron chi connectivity index (χ0n) is 15.0. The Hall–Kier alpha value is -2.77. The Kier molecular flexibility index (Phi) is 8.58. The summed E-state index contributed by atoms with van der Waals surface area (Å²) in [4.78, 5) is 23.2. The van der Waals surface area contributed by atoms with Crippen LogP contribution in [0.5, 0.6) is 11.5 Å². The zero-order chi connectivity index (χ0) is 20.4. The van der Waals surface area contributed by atoms with E-state index in [1.807, 2.05) is 0 Å². The summed E-state index contributed by atoms with van der Waals surface area (Å²) in [7, 11) is 0. The second kappa shape index (κ2) is 11.2. The van der Waals surface area contributed by atoms with Gasteiger partial charge in [-0.05, 0) is 37.3 Å². The molecule has 0 aliphatic rings. The molecule has 28 heavy (non-hydrogen) atoms. The predicted molar refractivity (Wildman–Crippen MR) is 106 cm³/mol. The van der Waals surface area contributed by atoms with Crippen molar-refractivity contribution >= 4 is 41.3 Å². The molecule has 0 unspecified atom stereocenters. The Labute approximate surface area is 172 Å². The normalized spacial score (nSPS) is 10.5. The van der Waals surface area contributed by atoms with Crippen LogP contribution < -0.4 is 14.9 Å². The molecule has 148 valence electrons. The van der Waals surface area contributed by atoms with Gasteiger partial charge in [-0.15, -0.1) is 0 Å². The third kappa shape index (κ3) is 7.09. The molecule has 0 heterocycles. The number of amides is 1. The van der Waals surface area contributed by atoms with Crippen LogP contribution in [0.25, 0.3) is 0 Å². The fourth-order valence-corrected chi connectivity index (χ4v) is 2.46. The number of halogens is 2. The standard InChI is InChI=1S/C19H18Cl2N2O5/c1-2-26-19(25)12-28-16-6-4-3-5-13(16)10-22-23-18(24)11-27-17-8-7-14(20)9-15(17)21/h3-10H,2,11-12H2,1H3,(H,23,24). The number of nitrogens with zero attached hydrogens (tertiary/aromatic N) is 1. The average Bonchev–Trinajstić information content (AvgIpc) is 2.67. The van der Waals surface area contributed by atoms with Crippen molar-refractivity contribution < 1.29 is 23.8 Å². The third-order valence-corrected chi connectivity index (χ3v) is 3.75. The van der Waals surface area contributed by atoms with Crippen molar-refractivity contribution in [3.63, 3.8) is 0 Å². The molecule has 9 heteroatoms. The quantitative estimate of drug-likeness (QED) is 0.378. The highest BCUT2D eigenvalue weighted by atomic mass is 35.5. The van der Waals surface area contributed by atoms with Gasteiger partial charge in [-0.25, -0.2) is 10.2 Å². The Balaban J connectivity index is 1.86. The number of hydrazone groups is 1. The van der Waals surface area contributed by atoms with E-state index in [1.165, 1.54) is 12.3 Å². The molecule has 0 aliphatic heterocycles. The highest BCUT2D eigenvalue weighted by Crippen LogP contribution is 2.27. The van der Waals surface area contributed by atoms with E-state index in [0.717, 1.165) is 0 Å². The summed E-state index contributed by atoms with van der Waals surface area (Å²) in [6.07, 6.45) is 1.40. The molecular weight excluding hydrogens is 407 g/mol. The lowest BCUT2D eigenvalue weighted by Crippen LogP contribution is -2.24. The van der Waals surface area contributed by atoms with Crippen molar-refractivity contribution in [1.82, 2.24) is 5.43 Å². The van der Waals surface area contributed by atoms with Crippen molar-refractivity contribution in [2.75, 3.05) is 19.8 Å². The lowest BCUT2D eigenvalue weighted by molar-refractivity contribution is -0.145. The van der Waals surface area contributed by atoms with Crippen LogP contribution in [0.15, 0.2) is 47.6 Å². The van der Waals surface area contributed by atoms with Gasteiger partial charge in [0.15, 0.2) is 13.2 Å². The number of benzene rings is 2. The van der Waals surface area contributed by atoms with Crippen LogP contribution >= 0.6 is 23.2 Å². The van der Waals surface area contributed by atoms with Gasteiger partial charge in [0, 0.05) is 10.6 Å². The van der Waals surface area contributed by atoms with Crippen LogP contribution in [0.3, 0.4) is 0 Å². The lowest BCUT2D eigenvalue weighted by Gasteiger charge is -2.08. The number of carbonyl (C=O) groups excluding carboxylic acids is 2. The largest absolute Gasteiger partial charge is 0.482 e. The highest BCUT2D eigenvalue weighted by Gasteiger charge is 2.07. The van der Waals surface area contributed by atoms with E-state index in [2.05, 4.69) is 10.5 Å². The number of hydrogen-bond acceptors (Lipinski definition) is 6. The fraction of sp³-hybridized carbons (Fsp3) is 0.211. The first kappa shape index (κ1) is 21.5. The van der Waals surface area contributed by atoms with Gasteiger partial charge < -0.3 is 14.2 Å². The minimum Gasteiger partial charge on any atom is -0.482 e. The van der Waals surface area contributed by atoms with E-state index in [4.69, 9.17) is 37.4 Å². The molecule has 0 bridgehead atoms. The molecule has 2 rings (SSSR count). The number of hydrogen-bond donors (Lipinski definition) is 1. The minimum atomic E-state index is -0.479. The highest BCUT2D eigenvalue weighted by molar-refractivity contribution is 6.35. The summed E-state index contributed by atoms with van der Waals surface area (Å²) in [5, 5.41) is 4.63. The molecule has 0 atom stereocenters. The SMILES string of the molecule is CCOC(=O)COc1ccccc1C=NNC(=O)COc1ccc(Cl)cc1Cl. The summed E-state index contributed by atoms with van der Waals surface area (Å²) >= 11 is 11.8. The first-order valence-corrected chi connectivity index (χ1v) is 9.02. The second-order valence-electron chi connectivity index (χ2n) is 5.29. The fourth-order valence-electron chi connectivity index (χ4n) is 2.00. The molecule has 0 aliphatic carbocycles. The average molecular weight is 425 g/mol. The number of carbonyl (C=O) groups is 2. The van der Waals surface area contributed by atoms with Crippen molar-refractivity contribution in [2.24, 2.45) is 5.10 Å². The predicted octanol–water partition coefficient (Wildman–Crippen LogP) is 3.46. The molecular formula is C19H18Cl2N2O5. The summed E-state index contributed by atoms with van der Waals surface area (Å²) < 4.78 is 15.5. The number of nitrogens with one attached hydrogen (secondary N) is 1. The molecule has 0 spiro atoms. The van der Waals surface area contributed by atoms with Crippen molar-refractivity contribution in [3.8, 4) is 11.5 Å². The Bertz CT molecular complexity index is 858. The smallest absolute Gasteiger partial charge is 0.344 e. The Morgan fingerprint density at radius 1 is 1.07 bits per heavy atom. The third-order valence-electron chi connectivity index (χ3n) is 3.22. The van der Waals surface area contributed by atoms with E-state index in [9.17, 15) is 9.59 Å². The number of rotatable bonds is 9. The van der Waals surface area contributed by atoms with Gasteiger partial charge >= 0.3 is 5.97 Å². The Morgan fingerprint density at radius 3 is 2.57 bits per heavy atom. The molecule has 2 aromatic carbocycles. The Morgan fingerprint density at radius 2 is 1.82 bits per heavy atom. The molecule has 0 fully saturated rings. The monoisotopic (exact) mass is 424 g/mol. The van der Waals surface area contributed by atoms with Gasteiger partial charge in [0.2, 0.25) is 0 Å². The maximum atomic E-state index is 11.8. The second-order valence-corrected chi connectivity index (χ2v) is 6.13. The summed E-state index contributed by atoms with van der Waals surface area (Å²) in [6, 6.07) is 11.6. The van der Waals surface area contributed by atoms with Gasteiger partial charge in [-0.3, -0.25) is 4.79 Å². The maximum absolute atomic E-state index is 11.8. The molecule has 1 amide bonds. The van der Waals surface area contributed by atoms with Crippen LogP contribution in [0.4, 0.5) is 0 Å². The van der Waals surface area contributed by atoms with Crippen molar-refractivity contribution in [3.05, 3.63) is 58.1 Å². The van der Waals surface area contributed by atoms with E-state index in [0.29, 0.717) is 27.1 Å². The van der Waals surface area contributed by atoms with Gasteiger partial charge in [0.05, 0.1) is 17.8 Å². The molecule has 1 N–H and O–H groups in total.